The summed E-state index contributed by atoms with van der Waals surface area (Å²) in [6.45, 7) is 2.00. The first kappa shape index (κ1) is 21.3. The maximum absolute atomic E-state index is 12.8. The summed E-state index contributed by atoms with van der Waals surface area (Å²) in [6, 6.07) is 6.31. The van der Waals surface area contributed by atoms with Crippen molar-refractivity contribution in [1.29, 1.82) is 0 Å². The quantitative estimate of drug-likeness (QED) is 0.587. The van der Waals surface area contributed by atoms with Crippen molar-refractivity contribution in [3.05, 3.63) is 35.4 Å². The Morgan fingerprint density at radius 3 is 2.66 bits per heavy atom. The van der Waals surface area contributed by atoms with E-state index in [1.165, 1.54) is 4.90 Å². The fourth-order valence-electron chi connectivity index (χ4n) is 3.82. The van der Waals surface area contributed by atoms with Gasteiger partial charge in [0.25, 0.3) is 5.91 Å². The predicted molar refractivity (Wildman–Crippen MR) is 108 cm³/mol. The number of amides is 3. The van der Waals surface area contributed by atoms with E-state index in [-0.39, 0.29) is 29.9 Å². The lowest BCUT2D eigenvalue weighted by Gasteiger charge is -2.27. The minimum Gasteiger partial charge on any atom is -0.354 e. The number of benzene rings is 1. The molecule has 2 aliphatic heterocycles. The highest BCUT2D eigenvalue weighted by Crippen LogP contribution is 2.25. The van der Waals surface area contributed by atoms with Crippen molar-refractivity contribution in [2.45, 2.75) is 38.3 Å². The van der Waals surface area contributed by atoms with Crippen LogP contribution in [0.15, 0.2) is 24.3 Å². The van der Waals surface area contributed by atoms with Crippen LogP contribution < -0.4 is 5.32 Å². The summed E-state index contributed by atoms with van der Waals surface area (Å²) < 4.78 is 23.3. The van der Waals surface area contributed by atoms with Crippen molar-refractivity contribution >= 4 is 27.6 Å². The van der Waals surface area contributed by atoms with E-state index in [0.29, 0.717) is 38.0 Å². The van der Waals surface area contributed by atoms with E-state index in [4.69, 9.17) is 0 Å². The highest BCUT2D eigenvalue weighted by atomic mass is 32.2. The lowest BCUT2D eigenvalue weighted by atomic mass is 10.1. The third kappa shape index (κ3) is 5.35. The van der Waals surface area contributed by atoms with Crippen molar-refractivity contribution < 1.29 is 22.8 Å². The van der Waals surface area contributed by atoms with Gasteiger partial charge in [0, 0.05) is 44.4 Å². The summed E-state index contributed by atoms with van der Waals surface area (Å²) >= 11 is 0. The lowest BCUT2D eigenvalue weighted by molar-refractivity contribution is -0.127. The number of carbonyl (C=O) groups excluding carboxylic acids is 3. The third-order valence-electron chi connectivity index (χ3n) is 5.37. The minimum absolute atomic E-state index is 0.0506. The van der Waals surface area contributed by atoms with Gasteiger partial charge in [0.05, 0.1) is 5.75 Å². The van der Waals surface area contributed by atoms with E-state index in [9.17, 15) is 22.8 Å². The van der Waals surface area contributed by atoms with Crippen molar-refractivity contribution in [1.82, 2.24) is 15.1 Å². The summed E-state index contributed by atoms with van der Waals surface area (Å²) in [5.41, 5.74) is 1.39. The van der Waals surface area contributed by atoms with E-state index in [1.807, 2.05) is 12.1 Å². The minimum atomic E-state index is -3.27. The Hall–Kier alpha value is -2.42. The Kier molecular flexibility index (Phi) is 6.56. The Bertz CT molecular complexity index is 899. The molecule has 0 saturated carbocycles. The van der Waals surface area contributed by atoms with Crippen LogP contribution in [0.1, 0.15) is 41.6 Å². The average Bonchev–Trinajstić information content (AvgIpc) is 3.22. The zero-order chi connectivity index (χ0) is 21.0. The number of hydrogen-bond acceptors (Lipinski definition) is 5. The van der Waals surface area contributed by atoms with Crippen LogP contribution in [0, 0.1) is 0 Å². The van der Waals surface area contributed by atoms with E-state index in [1.54, 1.807) is 17.0 Å². The van der Waals surface area contributed by atoms with Gasteiger partial charge < -0.3 is 15.1 Å². The summed E-state index contributed by atoms with van der Waals surface area (Å²) in [4.78, 5) is 40.5. The highest BCUT2D eigenvalue weighted by molar-refractivity contribution is 7.90. The van der Waals surface area contributed by atoms with Gasteiger partial charge in [0.15, 0.2) is 0 Å². The second-order valence-electron chi connectivity index (χ2n) is 7.65. The van der Waals surface area contributed by atoms with Crippen molar-refractivity contribution in [3.8, 4) is 0 Å². The lowest BCUT2D eigenvalue weighted by Crippen LogP contribution is -2.48. The molecule has 158 valence electrons. The van der Waals surface area contributed by atoms with Crippen LogP contribution in [0.2, 0.25) is 0 Å². The molecule has 1 aromatic rings. The number of sulfone groups is 1. The second kappa shape index (κ2) is 8.94. The fraction of sp³-hybridized carbons (Fsp3) is 0.550. The first-order valence-electron chi connectivity index (χ1n) is 9.88. The fourth-order valence-corrected chi connectivity index (χ4v) is 4.47. The monoisotopic (exact) mass is 421 g/mol. The molecule has 1 N–H and O–H groups in total. The Morgan fingerprint density at radius 2 is 2.00 bits per heavy atom. The van der Waals surface area contributed by atoms with Gasteiger partial charge in [0.1, 0.15) is 15.9 Å². The smallest absolute Gasteiger partial charge is 0.255 e. The van der Waals surface area contributed by atoms with Gasteiger partial charge in [0.2, 0.25) is 11.8 Å². The van der Waals surface area contributed by atoms with Gasteiger partial charge in [-0.2, -0.15) is 0 Å². The molecule has 0 aliphatic carbocycles. The Labute approximate surface area is 171 Å². The van der Waals surface area contributed by atoms with Gasteiger partial charge >= 0.3 is 0 Å². The molecule has 0 radical (unpaired) electrons. The topological polar surface area (TPSA) is 104 Å². The molecular weight excluding hydrogens is 394 g/mol. The van der Waals surface area contributed by atoms with E-state index in [2.05, 4.69) is 5.32 Å². The SMILES string of the molecule is CS(=O)(=O)CCC(C(=O)NCCCN1CCCC1=O)N1Cc2ccccc2C1=O. The molecule has 9 heteroatoms. The van der Waals surface area contributed by atoms with Crippen LogP contribution in [0.4, 0.5) is 0 Å². The Morgan fingerprint density at radius 1 is 1.24 bits per heavy atom. The van der Waals surface area contributed by atoms with Crippen molar-refractivity contribution in [2.24, 2.45) is 0 Å². The molecule has 2 heterocycles. The van der Waals surface area contributed by atoms with Crippen LogP contribution in [0.5, 0.6) is 0 Å². The number of likely N-dealkylation sites (tertiary alicyclic amines) is 1. The maximum atomic E-state index is 12.8. The number of nitrogens with one attached hydrogen (secondary N) is 1. The van der Waals surface area contributed by atoms with Gasteiger partial charge in [-0.1, -0.05) is 18.2 Å². The van der Waals surface area contributed by atoms with Crippen LogP contribution in [0.3, 0.4) is 0 Å². The highest BCUT2D eigenvalue weighted by Gasteiger charge is 2.36. The molecule has 1 fully saturated rings. The molecule has 3 rings (SSSR count). The van der Waals surface area contributed by atoms with Gasteiger partial charge in [-0.25, -0.2) is 8.42 Å². The first-order chi connectivity index (χ1) is 13.8. The number of rotatable bonds is 9. The summed E-state index contributed by atoms with van der Waals surface area (Å²) in [5, 5.41) is 2.82. The molecule has 1 unspecified atom stereocenters. The molecule has 3 amide bonds. The zero-order valence-electron chi connectivity index (χ0n) is 16.6. The van der Waals surface area contributed by atoms with Gasteiger partial charge in [-0.3, -0.25) is 14.4 Å². The zero-order valence-corrected chi connectivity index (χ0v) is 17.4. The predicted octanol–water partition coefficient (Wildman–Crippen LogP) is 0.574. The molecule has 8 nitrogen and oxygen atoms in total. The van der Waals surface area contributed by atoms with Gasteiger partial charge in [-0.15, -0.1) is 0 Å². The molecule has 1 aromatic carbocycles. The summed E-state index contributed by atoms with van der Waals surface area (Å²) in [7, 11) is -3.27. The van der Waals surface area contributed by atoms with Crippen LogP contribution >= 0.6 is 0 Å². The number of hydrogen-bond donors (Lipinski definition) is 1. The van der Waals surface area contributed by atoms with Gasteiger partial charge in [-0.05, 0) is 30.9 Å². The largest absolute Gasteiger partial charge is 0.354 e. The maximum Gasteiger partial charge on any atom is 0.255 e. The van der Waals surface area contributed by atoms with E-state index < -0.39 is 15.9 Å². The first-order valence-corrected chi connectivity index (χ1v) is 11.9. The normalized spacial score (nSPS) is 17.6. The second-order valence-corrected chi connectivity index (χ2v) is 9.91. The third-order valence-corrected chi connectivity index (χ3v) is 6.34. The van der Waals surface area contributed by atoms with Crippen LogP contribution in [0.25, 0.3) is 0 Å². The standard InChI is InChI=1S/C20H27N3O5S/c1-29(27,28)13-9-17(23-14-15-6-2-3-7-16(15)20(23)26)19(25)21-10-5-12-22-11-4-8-18(22)24/h2-3,6-7,17H,4-5,8-14H2,1H3,(H,21,25). The average molecular weight is 422 g/mol. The molecule has 1 saturated heterocycles. The van der Waals surface area contributed by atoms with E-state index >= 15 is 0 Å². The molecule has 0 aromatic heterocycles. The molecule has 1 atom stereocenters. The number of nitrogens with zero attached hydrogens (tertiary/aromatic N) is 2. The van der Waals surface area contributed by atoms with E-state index in [0.717, 1.165) is 24.8 Å². The molecule has 0 bridgehead atoms. The molecule has 0 spiro atoms. The van der Waals surface area contributed by atoms with Crippen LogP contribution in [-0.4, -0.2) is 73.6 Å². The summed E-state index contributed by atoms with van der Waals surface area (Å²) in [6.07, 6.45) is 3.24. The number of fused-ring (bicyclic) bond motifs is 1. The van der Waals surface area contributed by atoms with Crippen molar-refractivity contribution in [3.63, 3.8) is 0 Å². The molecule has 29 heavy (non-hydrogen) atoms. The molecular formula is C20H27N3O5S. The van der Waals surface area contributed by atoms with Crippen molar-refractivity contribution in [2.75, 3.05) is 31.6 Å². The number of carbonyl (C=O) groups is 3. The molecule has 2 aliphatic rings. The Balaban J connectivity index is 1.61. The van der Waals surface area contributed by atoms with Crippen LogP contribution in [-0.2, 0) is 26.0 Å². The summed E-state index contributed by atoms with van der Waals surface area (Å²) in [5.74, 6) is -0.643.